The Bertz CT molecular complexity index is 757. The first-order valence-corrected chi connectivity index (χ1v) is 7.70. The Morgan fingerprint density at radius 2 is 1.64 bits per heavy atom. The Labute approximate surface area is 150 Å². The summed E-state index contributed by atoms with van der Waals surface area (Å²) >= 11 is 0. The van der Waals surface area contributed by atoms with Crippen LogP contribution in [0.5, 0.6) is 0 Å². The van der Waals surface area contributed by atoms with Gasteiger partial charge in [0, 0.05) is 31.7 Å². The lowest BCUT2D eigenvalue weighted by Crippen LogP contribution is -2.50. The maximum atomic E-state index is 13.2. The van der Waals surface area contributed by atoms with Gasteiger partial charge in [0.15, 0.2) is 0 Å². The van der Waals surface area contributed by atoms with Gasteiger partial charge in [0.25, 0.3) is 11.8 Å². The van der Waals surface area contributed by atoms with Crippen LogP contribution in [0.3, 0.4) is 0 Å². The van der Waals surface area contributed by atoms with Crippen molar-refractivity contribution in [3.8, 4) is 0 Å². The molecule has 0 spiro atoms. The molecule has 2 N–H and O–H groups in total. The fourth-order valence-corrected chi connectivity index (χ4v) is 2.70. The second-order valence-corrected chi connectivity index (χ2v) is 5.60. The summed E-state index contributed by atoms with van der Waals surface area (Å²) in [7, 11) is 0. The monoisotopic (exact) mass is 367 g/mol. The molecule has 0 saturated carbocycles. The van der Waals surface area contributed by atoms with Crippen molar-refractivity contribution in [2.45, 2.75) is 6.54 Å². The molecule has 3 rings (SSSR count). The van der Waals surface area contributed by atoms with Crippen LogP contribution in [0.15, 0.2) is 41.0 Å². The zero-order valence-corrected chi connectivity index (χ0v) is 14.3. The SMILES string of the molecule is Cl.NCc1cc(C(=O)N2CCN(C(=O)c3cccc(F)c3)CC2)co1. The minimum absolute atomic E-state index is 0. The van der Waals surface area contributed by atoms with E-state index in [-0.39, 0.29) is 30.8 Å². The third-order valence-corrected chi connectivity index (χ3v) is 4.03. The van der Waals surface area contributed by atoms with Crippen molar-refractivity contribution < 1.29 is 18.4 Å². The number of carbonyl (C=O) groups excluding carboxylic acids is 2. The molecule has 1 aromatic heterocycles. The number of hydrogen-bond acceptors (Lipinski definition) is 4. The average molecular weight is 368 g/mol. The molecule has 0 atom stereocenters. The molecular weight excluding hydrogens is 349 g/mol. The van der Waals surface area contributed by atoms with E-state index >= 15 is 0 Å². The summed E-state index contributed by atoms with van der Waals surface area (Å²) < 4.78 is 18.4. The molecule has 1 aliphatic heterocycles. The van der Waals surface area contributed by atoms with Crippen molar-refractivity contribution in [3.05, 3.63) is 59.3 Å². The Kier molecular flexibility index (Phi) is 6.17. The van der Waals surface area contributed by atoms with E-state index in [1.165, 1.54) is 24.5 Å². The lowest BCUT2D eigenvalue weighted by Gasteiger charge is -2.34. The number of nitrogens with zero attached hydrogens (tertiary/aromatic N) is 2. The number of hydrogen-bond donors (Lipinski definition) is 1. The van der Waals surface area contributed by atoms with E-state index in [0.717, 1.165) is 0 Å². The highest BCUT2D eigenvalue weighted by atomic mass is 35.5. The van der Waals surface area contributed by atoms with Gasteiger partial charge in [0.05, 0.1) is 12.1 Å². The summed E-state index contributed by atoms with van der Waals surface area (Å²) in [6.45, 7) is 1.89. The number of nitrogens with two attached hydrogens (primary N) is 1. The predicted molar refractivity (Wildman–Crippen MR) is 92.1 cm³/mol. The van der Waals surface area contributed by atoms with Gasteiger partial charge in [0.2, 0.25) is 0 Å². The van der Waals surface area contributed by atoms with E-state index in [1.807, 2.05) is 0 Å². The minimum Gasteiger partial charge on any atom is -0.467 e. The molecule has 0 bridgehead atoms. The Hall–Kier alpha value is -2.38. The summed E-state index contributed by atoms with van der Waals surface area (Å²) in [5.74, 6) is -0.254. The maximum absolute atomic E-state index is 13.2. The molecule has 2 heterocycles. The fourth-order valence-electron chi connectivity index (χ4n) is 2.70. The van der Waals surface area contributed by atoms with E-state index in [9.17, 15) is 14.0 Å². The van der Waals surface area contributed by atoms with Crippen molar-refractivity contribution in [2.24, 2.45) is 5.73 Å². The molecule has 1 saturated heterocycles. The highest BCUT2D eigenvalue weighted by Crippen LogP contribution is 2.14. The number of carbonyl (C=O) groups is 2. The molecule has 25 heavy (non-hydrogen) atoms. The third kappa shape index (κ3) is 4.18. The normalized spacial score (nSPS) is 14.2. The van der Waals surface area contributed by atoms with Crippen molar-refractivity contribution in [1.29, 1.82) is 0 Å². The molecule has 0 unspecified atom stereocenters. The lowest BCUT2D eigenvalue weighted by molar-refractivity contribution is 0.0535. The van der Waals surface area contributed by atoms with Gasteiger partial charge in [0.1, 0.15) is 17.8 Å². The Morgan fingerprint density at radius 1 is 1.04 bits per heavy atom. The molecule has 8 heteroatoms. The number of piperazine rings is 1. The summed E-state index contributed by atoms with van der Waals surface area (Å²) in [5.41, 5.74) is 6.25. The number of amides is 2. The average Bonchev–Trinajstić information content (AvgIpc) is 3.10. The first kappa shape index (κ1) is 19.0. The van der Waals surface area contributed by atoms with Crippen LogP contribution in [0.4, 0.5) is 4.39 Å². The second kappa shape index (κ2) is 8.13. The molecule has 2 amide bonds. The zero-order valence-electron chi connectivity index (χ0n) is 13.5. The largest absolute Gasteiger partial charge is 0.467 e. The molecule has 134 valence electrons. The number of rotatable bonds is 3. The van der Waals surface area contributed by atoms with Gasteiger partial charge in [-0.05, 0) is 24.3 Å². The third-order valence-electron chi connectivity index (χ3n) is 4.03. The van der Waals surface area contributed by atoms with Crippen molar-refractivity contribution in [1.82, 2.24) is 9.80 Å². The van der Waals surface area contributed by atoms with Crippen LogP contribution >= 0.6 is 12.4 Å². The number of benzene rings is 1. The molecule has 1 fully saturated rings. The quantitative estimate of drug-likeness (QED) is 0.898. The first-order valence-electron chi connectivity index (χ1n) is 7.70. The highest BCUT2D eigenvalue weighted by molar-refractivity contribution is 5.95. The van der Waals surface area contributed by atoms with Gasteiger partial charge < -0.3 is 20.0 Å². The molecular formula is C17H19ClFN3O3. The van der Waals surface area contributed by atoms with E-state index < -0.39 is 5.82 Å². The first-order chi connectivity index (χ1) is 11.6. The molecule has 0 radical (unpaired) electrons. The zero-order chi connectivity index (χ0) is 17.1. The van der Waals surface area contributed by atoms with E-state index in [0.29, 0.717) is 43.1 Å². The van der Waals surface area contributed by atoms with Crippen molar-refractivity contribution in [3.63, 3.8) is 0 Å². The number of furan rings is 1. The molecule has 1 aromatic carbocycles. The van der Waals surface area contributed by atoms with Gasteiger partial charge in [-0.2, -0.15) is 0 Å². The lowest BCUT2D eigenvalue weighted by atomic mass is 10.1. The van der Waals surface area contributed by atoms with Crippen molar-refractivity contribution in [2.75, 3.05) is 26.2 Å². The maximum Gasteiger partial charge on any atom is 0.257 e. The van der Waals surface area contributed by atoms with Crippen LogP contribution in [-0.4, -0.2) is 47.8 Å². The van der Waals surface area contributed by atoms with Gasteiger partial charge >= 0.3 is 0 Å². The topological polar surface area (TPSA) is 79.8 Å². The van der Waals surface area contributed by atoms with E-state index in [2.05, 4.69) is 0 Å². The van der Waals surface area contributed by atoms with Crippen molar-refractivity contribution >= 4 is 24.2 Å². The Balaban J connectivity index is 0.00000225. The highest BCUT2D eigenvalue weighted by Gasteiger charge is 2.26. The van der Waals surface area contributed by atoms with Gasteiger partial charge in [-0.1, -0.05) is 6.07 Å². The Morgan fingerprint density at radius 3 is 2.16 bits per heavy atom. The van der Waals surface area contributed by atoms with Gasteiger partial charge in [-0.3, -0.25) is 9.59 Å². The number of halogens is 2. The van der Waals surface area contributed by atoms with Crippen LogP contribution in [0, 0.1) is 5.82 Å². The summed E-state index contributed by atoms with van der Waals surface area (Å²) in [4.78, 5) is 28.1. The van der Waals surface area contributed by atoms with Crippen LogP contribution in [0.2, 0.25) is 0 Å². The molecule has 0 aliphatic carbocycles. The second-order valence-electron chi connectivity index (χ2n) is 5.60. The van der Waals surface area contributed by atoms with Crippen LogP contribution < -0.4 is 5.73 Å². The molecule has 2 aromatic rings. The van der Waals surface area contributed by atoms with Gasteiger partial charge in [-0.25, -0.2) is 4.39 Å². The fraction of sp³-hybridized carbons (Fsp3) is 0.294. The van der Waals surface area contributed by atoms with Gasteiger partial charge in [-0.15, -0.1) is 12.4 Å². The molecule has 6 nitrogen and oxygen atoms in total. The standard InChI is InChI=1S/C17H18FN3O3.ClH/c18-14-3-1-2-12(8-14)16(22)20-4-6-21(7-5-20)17(23)13-9-15(10-19)24-11-13;/h1-3,8-9,11H,4-7,10,19H2;1H. The van der Waals surface area contributed by atoms with E-state index in [4.69, 9.17) is 10.2 Å². The molecule has 1 aliphatic rings. The predicted octanol–water partition coefficient (Wildman–Crippen LogP) is 1.90. The van der Waals surface area contributed by atoms with Crippen LogP contribution in [-0.2, 0) is 6.54 Å². The summed E-state index contributed by atoms with van der Waals surface area (Å²) in [5, 5.41) is 0. The summed E-state index contributed by atoms with van der Waals surface area (Å²) in [6.07, 6.45) is 1.40. The smallest absolute Gasteiger partial charge is 0.257 e. The minimum atomic E-state index is -0.440. The van der Waals surface area contributed by atoms with Crippen LogP contribution in [0.25, 0.3) is 0 Å². The van der Waals surface area contributed by atoms with Crippen LogP contribution in [0.1, 0.15) is 26.5 Å². The summed E-state index contributed by atoms with van der Waals surface area (Å²) in [6, 6.07) is 7.25. The van der Waals surface area contributed by atoms with E-state index in [1.54, 1.807) is 21.9 Å².